The van der Waals surface area contributed by atoms with Crippen LogP contribution in [0.5, 0.6) is 0 Å². The van der Waals surface area contributed by atoms with Gasteiger partial charge in [0.1, 0.15) is 11.9 Å². The summed E-state index contributed by atoms with van der Waals surface area (Å²) in [4.78, 5) is 18.0. The topological polar surface area (TPSA) is 94.5 Å². The second-order valence-corrected chi connectivity index (χ2v) is 7.01. The molecular weight excluding hydrogens is 379 g/mol. The predicted octanol–water partition coefficient (Wildman–Crippen LogP) is 3.72. The Kier molecular flexibility index (Phi) is 6.89. The molecule has 0 bridgehead atoms. The summed E-state index contributed by atoms with van der Waals surface area (Å²) in [5.74, 6) is 0.423. The van der Waals surface area contributed by atoms with Crippen molar-refractivity contribution in [2.45, 2.75) is 38.9 Å². The molecule has 10 heteroatoms. The van der Waals surface area contributed by atoms with E-state index in [1.807, 2.05) is 19.9 Å². The van der Waals surface area contributed by atoms with E-state index in [-0.39, 0.29) is 12.3 Å². The van der Waals surface area contributed by atoms with Gasteiger partial charge in [-0.15, -0.1) is 0 Å². The number of aromatic nitrogens is 3. The molecule has 1 amide bonds. The van der Waals surface area contributed by atoms with Gasteiger partial charge >= 0.3 is 6.18 Å². The molecule has 0 spiro atoms. The van der Waals surface area contributed by atoms with Gasteiger partial charge in [-0.05, 0) is 61.9 Å². The summed E-state index contributed by atoms with van der Waals surface area (Å²) in [6, 6.07) is 0.212. The predicted molar refractivity (Wildman–Crippen MR) is 97.7 cm³/mol. The number of carbonyl (C=O) groups excluding carboxylic acids is 1. The van der Waals surface area contributed by atoms with Crippen molar-refractivity contribution in [1.82, 2.24) is 19.7 Å². The molecule has 2 aromatic rings. The minimum absolute atomic E-state index is 0.108. The number of rotatable bonds is 6. The van der Waals surface area contributed by atoms with Gasteiger partial charge in [0.25, 0.3) is 0 Å². The van der Waals surface area contributed by atoms with Crippen molar-refractivity contribution in [3.8, 4) is 0 Å². The van der Waals surface area contributed by atoms with Crippen LogP contribution < -0.4 is 5.32 Å². The molecule has 1 fully saturated rings. The number of alkyl halides is 3. The number of nitrogens with zero attached hydrogens (tertiary/aromatic N) is 2. The average Bonchev–Trinajstić information content (AvgIpc) is 3.08. The van der Waals surface area contributed by atoms with Crippen LogP contribution in [0.4, 0.5) is 13.2 Å². The number of aromatic amines is 1. The molecular formula is C17H20F3N5OS. The zero-order valence-electron chi connectivity index (χ0n) is 14.8. The SMILES string of the molecule is C/C(=C/C(=N)c1ccns1)c1ncc(C)[nH]1.O=CNC(C1CC1)C(F)(F)F. The Morgan fingerprint density at radius 3 is 2.63 bits per heavy atom. The Labute approximate surface area is 158 Å². The van der Waals surface area contributed by atoms with Crippen LogP contribution in [0.15, 0.2) is 24.5 Å². The van der Waals surface area contributed by atoms with E-state index in [4.69, 9.17) is 5.41 Å². The van der Waals surface area contributed by atoms with Crippen LogP contribution in [-0.4, -0.2) is 38.7 Å². The lowest BCUT2D eigenvalue weighted by atomic mass is 10.2. The van der Waals surface area contributed by atoms with Crippen molar-refractivity contribution >= 4 is 29.2 Å². The van der Waals surface area contributed by atoms with Crippen LogP contribution in [0, 0.1) is 18.3 Å². The van der Waals surface area contributed by atoms with E-state index in [0.717, 1.165) is 22.0 Å². The maximum atomic E-state index is 12.0. The molecule has 1 aliphatic carbocycles. The van der Waals surface area contributed by atoms with Crippen LogP contribution in [0.2, 0.25) is 0 Å². The lowest BCUT2D eigenvalue weighted by molar-refractivity contribution is -0.162. The fraction of sp³-hybridized carbons (Fsp3) is 0.412. The Morgan fingerprint density at radius 2 is 2.19 bits per heavy atom. The third-order valence-corrected chi connectivity index (χ3v) is 4.61. The first-order valence-corrected chi connectivity index (χ1v) is 8.96. The molecule has 1 saturated carbocycles. The summed E-state index contributed by atoms with van der Waals surface area (Å²) in [6.45, 7) is 3.89. The van der Waals surface area contributed by atoms with Gasteiger partial charge in [0, 0.05) is 18.1 Å². The molecule has 0 aliphatic heterocycles. The monoisotopic (exact) mass is 399 g/mol. The first-order chi connectivity index (χ1) is 12.7. The Bertz CT molecular complexity index is 794. The molecule has 1 unspecified atom stereocenters. The highest BCUT2D eigenvalue weighted by Gasteiger charge is 2.48. The number of halogens is 3. The van der Waals surface area contributed by atoms with E-state index < -0.39 is 12.2 Å². The molecule has 3 N–H and O–H groups in total. The highest BCUT2D eigenvalue weighted by Crippen LogP contribution is 2.39. The van der Waals surface area contributed by atoms with Gasteiger partial charge in [0.2, 0.25) is 6.41 Å². The fourth-order valence-corrected chi connectivity index (χ4v) is 2.84. The molecule has 3 rings (SSSR count). The minimum atomic E-state index is -4.29. The first-order valence-electron chi connectivity index (χ1n) is 8.18. The van der Waals surface area contributed by atoms with Crippen molar-refractivity contribution in [2.24, 2.45) is 5.92 Å². The Morgan fingerprint density at radius 1 is 1.48 bits per heavy atom. The number of imidazole rings is 1. The van der Waals surface area contributed by atoms with Crippen molar-refractivity contribution in [3.63, 3.8) is 0 Å². The van der Waals surface area contributed by atoms with Crippen molar-refractivity contribution in [1.29, 1.82) is 5.41 Å². The van der Waals surface area contributed by atoms with Gasteiger partial charge in [-0.25, -0.2) is 9.36 Å². The van der Waals surface area contributed by atoms with Crippen molar-refractivity contribution in [3.05, 3.63) is 40.9 Å². The molecule has 0 saturated heterocycles. The third-order valence-electron chi connectivity index (χ3n) is 3.83. The smallest absolute Gasteiger partial charge is 0.347 e. The summed E-state index contributed by atoms with van der Waals surface area (Å²) in [7, 11) is 0. The number of hydrogen-bond donors (Lipinski definition) is 3. The highest BCUT2D eigenvalue weighted by atomic mass is 32.1. The molecule has 2 aromatic heterocycles. The van der Waals surface area contributed by atoms with Crippen molar-refractivity contribution < 1.29 is 18.0 Å². The fourth-order valence-electron chi connectivity index (χ4n) is 2.32. The standard InChI is InChI=1S/C11H12N4S.C6H8F3NO/c1-7(11-13-6-8(2)15-11)5-9(12)10-3-4-14-16-10;7-6(8,9)5(10-3-11)4-1-2-4/h3-6,12H,1-2H3,(H,13,15);3-5H,1-2H2,(H,10,11)/b7-5-,12-9?;. The maximum Gasteiger partial charge on any atom is 0.408 e. The lowest BCUT2D eigenvalue weighted by Gasteiger charge is -2.18. The van der Waals surface area contributed by atoms with E-state index in [0.29, 0.717) is 18.6 Å². The quantitative estimate of drug-likeness (QED) is 0.510. The summed E-state index contributed by atoms with van der Waals surface area (Å²) >= 11 is 1.32. The van der Waals surface area contributed by atoms with Gasteiger partial charge in [0.05, 0.1) is 10.6 Å². The zero-order valence-corrected chi connectivity index (χ0v) is 15.6. The number of allylic oxidation sites excluding steroid dienone is 2. The number of H-pyrrole nitrogens is 1. The molecule has 2 heterocycles. The zero-order chi connectivity index (χ0) is 20.0. The van der Waals surface area contributed by atoms with Crippen LogP contribution in [0.1, 0.15) is 36.2 Å². The van der Waals surface area contributed by atoms with Gasteiger partial charge in [0.15, 0.2) is 0 Å². The van der Waals surface area contributed by atoms with Crippen LogP contribution in [0.3, 0.4) is 0 Å². The molecule has 1 atom stereocenters. The van der Waals surface area contributed by atoms with Crippen LogP contribution in [0.25, 0.3) is 5.57 Å². The molecule has 146 valence electrons. The number of amides is 1. The Hall–Kier alpha value is -2.49. The molecule has 6 nitrogen and oxygen atoms in total. The summed E-state index contributed by atoms with van der Waals surface area (Å²) in [5, 5.41) is 9.66. The number of carbonyl (C=O) groups is 1. The second-order valence-electron chi connectivity index (χ2n) is 6.17. The van der Waals surface area contributed by atoms with Gasteiger partial charge < -0.3 is 10.3 Å². The lowest BCUT2D eigenvalue weighted by Crippen LogP contribution is -2.43. The van der Waals surface area contributed by atoms with E-state index >= 15 is 0 Å². The molecule has 1 aliphatic rings. The average molecular weight is 399 g/mol. The van der Waals surface area contributed by atoms with E-state index in [2.05, 4.69) is 14.3 Å². The van der Waals surface area contributed by atoms with Gasteiger partial charge in [-0.3, -0.25) is 10.2 Å². The summed E-state index contributed by atoms with van der Waals surface area (Å²) in [6.07, 6.45) is 2.22. The third kappa shape index (κ3) is 6.31. The van der Waals surface area contributed by atoms with Gasteiger partial charge in [-0.1, -0.05) is 0 Å². The van der Waals surface area contributed by atoms with Crippen molar-refractivity contribution in [2.75, 3.05) is 0 Å². The summed E-state index contributed by atoms with van der Waals surface area (Å²) in [5.41, 5.74) is 2.44. The number of hydrogen-bond acceptors (Lipinski definition) is 5. The van der Waals surface area contributed by atoms with Crippen LogP contribution >= 0.6 is 11.5 Å². The minimum Gasteiger partial charge on any atom is -0.347 e. The largest absolute Gasteiger partial charge is 0.408 e. The van der Waals surface area contributed by atoms with E-state index in [9.17, 15) is 18.0 Å². The highest BCUT2D eigenvalue weighted by molar-refractivity contribution is 7.08. The van der Waals surface area contributed by atoms with E-state index in [1.165, 1.54) is 11.5 Å². The van der Waals surface area contributed by atoms with Gasteiger partial charge in [-0.2, -0.15) is 13.2 Å². The first kappa shape index (κ1) is 20.8. The number of aryl methyl sites for hydroxylation is 1. The summed E-state index contributed by atoms with van der Waals surface area (Å²) < 4.78 is 39.9. The Balaban J connectivity index is 0.000000208. The van der Waals surface area contributed by atoms with Crippen LogP contribution in [-0.2, 0) is 4.79 Å². The molecule has 0 radical (unpaired) electrons. The molecule has 27 heavy (non-hydrogen) atoms. The molecule has 0 aromatic carbocycles. The second kappa shape index (κ2) is 8.94. The normalized spacial score (nSPS) is 15.5. The number of nitrogens with one attached hydrogen (secondary N) is 3. The maximum absolute atomic E-state index is 12.0. The van der Waals surface area contributed by atoms with E-state index in [1.54, 1.807) is 23.8 Å².